The molecule has 106 valence electrons. The molecule has 0 saturated heterocycles. The van der Waals surface area contributed by atoms with Crippen molar-refractivity contribution in [3.05, 3.63) is 41.9 Å². The van der Waals surface area contributed by atoms with Gasteiger partial charge in [0.05, 0.1) is 10.7 Å². The zero-order valence-electron chi connectivity index (χ0n) is 11.0. The van der Waals surface area contributed by atoms with E-state index in [0.29, 0.717) is 28.6 Å². The number of para-hydroxylation sites is 1. The van der Waals surface area contributed by atoms with Crippen LogP contribution in [0.4, 0.5) is 17.6 Å². The Hall–Kier alpha value is -2.74. The molecule has 0 aliphatic carbocycles. The number of benzene rings is 1. The highest BCUT2D eigenvalue weighted by atomic mass is 35.5. The first-order valence-corrected chi connectivity index (χ1v) is 6.44. The minimum absolute atomic E-state index is 0.349. The lowest BCUT2D eigenvalue weighted by Crippen LogP contribution is -2.09. The van der Waals surface area contributed by atoms with Crippen LogP contribution in [0.1, 0.15) is 0 Å². The second kappa shape index (κ2) is 5.71. The largest absolute Gasteiger partial charge is 0.357 e. The summed E-state index contributed by atoms with van der Waals surface area (Å²) < 4.78 is 1.44. The first-order valence-electron chi connectivity index (χ1n) is 6.06. The SMILES string of the molecule is CNc1nc(Nc2ccccc2Cl)nc(-n2cncn2)n1. The van der Waals surface area contributed by atoms with Gasteiger partial charge in [0.25, 0.3) is 5.95 Å². The molecule has 0 aliphatic heterocycles. The van der Waals surface area contributed by atoms with E-state index in [1.165, 1.54) is 17.3 Å². The zero-order chi connectivity index (χ0) is 14.7. The van der Waals surface area contributed by atoms with E-state index in [2.05, 4.69) is 35.7 Å². The maximum atomic E-state index is 6.11. The van der Waals surface area contributed by atoms with E-state index in [1.54, 1.807) is 13.1 Å². The maximum Gasteiger partial charge on any atom is 0.258 e. The number of nitrogens with one attached hydrogen (secondary N) is 2. The summed E-state index contributed by atoms with van der Waals surface area (Å²) >= 11 is 6.11. The fourth-order valence-corrected chi connectivity index (χ4v) is 1.81. The van der Waals surface area contributed by atoms with Crippen LogP contribution in [-0.2, 0) is 0 Å². The number of nitrogens with zero attached hydrogens (tertiary/aromatic N) is 6. The fourth-order valence-electron chi connectivity index (χ4n) is 1.63. The molecule has 0 aliphatic rings. The minimum atomic E-state index is 0.349. The van der Waals surface area contributed by atoms with Crippen LogP contribution in [-0.4, -0.2) is 36.8 Å². The Bertz CT molecular complexity index is 743. The normalized spacial score (nSPS) is 10.4. The van der Waals surface area contributed by atoms with Gasteiger partial charge in [0, 0.05) is 7.05 Å². The molecule has 21 heavy (non-hydrogen) atoms. The molecule has 0 radical (unpaired) electrons. The first kappa shape index (κ1) is 13.3. The van der Waals surface area contributed by atoms with Crippen molar-refractivity contribution in [3.8, 4) is 5.95 Å². The van der Waals surface area contributed by atoms with Crippen LogP contribution in [0, 0.1) is 0 Å². The molecule has 0 fully saturated rings. The van der Waals surface area contributed by atoms with Crippen molar-refractivity contribution in [3.63, 3.8) is 0 Å². The first-order chi connectivity index (χ1) is 10.3. The molecule has 0 unspecified atom stereocenters. The van der Waals surface area contributed by atoms with E-state index in [9.17, 15) is 0 Å². The van der Waals surface area contributed by atoms with Crippen LogP contribution in [0.2, 0.25) is 5.02 Å². The van der Waals surface area contributed by atoms with Crippen molar-refractivity contribution in [1.29, 1.82) is 0 Å². The van der Waals surface area contributed by atoms with Crippen LogP contribution in [0.15, 0.2) is 36.9 Å². The summed E-state index contributed by atoms with van der Waals surface area (Å²) in [6.07, 6.45) is 2.91. The van der Waals surface area contributed by atoms with Gasteiger partial charge in [-0.1, -0.05) is 23.7 Å². The molecular weight excluding hydrogens is 292 g/mol. The van der Waals surface area contributed by atoms with Crippen LogP contribution in [0.25, 0.3) is 5.95 Å². The predicted molar refractivity (Wildman–Crippen MR) is 79.0 cm³/mol. The zero-order valence-corrected chi connectivity index (χ0v) is 11.8. The van der Waals surface area contributed by atoms with Gasteiger partial charge in [-0.3, -0.25) is 0 Å². The van der Waals surface area contributed by atoms with E-state index in [-0.39, 0.29) is 0 Å². The maximum absolute atomic E-state index is 6.11. The number of rotatable bonds is 4. The molecule has 2 heterocycles. The summed E-state index contributed by atoms with van der Waals surface area (Å²) in [5, 5.41) is 10.5. The summed E-state index contributed by atoms with van der Waals surface area (Å²) in [5.41, 5.74) is 0.706. The second-order valence-electron chi connectivity index (χ2n) is 3.98. The van der Waals surface area contributed by atoms with Gasteiger partial charge in [-0.15, -0.1) is 0 Å². The molecular formula is C12H11ClN8. The third-order valence-electron chi connectivity index (χ3n) is 2.59. The number of hydrogen-bond donors (Lipinski definition) is 2. The Balaban J connectivity index is 1.99. The molecule has 3 rings (SSSR count). The van der Waals surface area contributed by atoms with Crippen molar-refractivity contribution in [2.24, 2.45) is 0 Å². The third kappa shape index (κ3) is 2.90. The lowest BCUT2D eigenvalue weighted by molar-refractivity contribution is 0.798. The molecule has 0 bridgehead atoms. The number of hydrogen-bond acceptors (Lipinski definition) is 7. The predicted octanol–water partition coefficient (Wildman–Crippen LogP) is 1.89. The monoisotopic (exact) mass is 302 g/mol. The topological polar surface area (TPSA) is 93.4 Å². The Morgan fingerprint density at radius 3 is 2.62 bits per heavy atom. The molecule has 0 saturated carbocycles. The van der Waals surface area contributed by atoms with Crippen LogP contribution < -0.4 is 10.6 Å². The molecule has 0 amide bonds. The van der Waals surface area contributed by atoms with Crippen molar-refractivity contribution >= 4 is 29.2 Å². The van der Waals surface area contributed by atoms with E-state index in [0.717, 1.165) is 0 Å². The Kier molecular flexibility index (Phi) is 3.61. The highest BCUT2D eigenvalue weighted by Gasteiger charge is 2.09. The molecule has 0 atom stereocenters. The van der Waals surface area contributed by atoms with Gasteiger partial charge in [0.15, 0.2) is 0 Å². The fraction of sp³-hybridized carbons (Fsp3) is 0.0833. The number of halogens is 1. The van der Waals surface area contributed by atoms with E-state index < -0.39 is 0 Å². The van der Waals surface area contributed by atoms with Crippen molar-refractivity contribution < 1.29 is 0 Å². The minimum Gasteiger partial charge on any atom is -0.357 e. The summed E-state index contributed by atoms with van der Waals surface area (Å²) in [7, 11) is 1.72. The molecule has 9 heteroatoms. The van der Waals surface area contributed by atoms with E-state index >= 15 is 0 Å². The summed E-state index contributed by atoms with van der Waals surface area (Å²) in [5.74, 6) is 1.11. The molecule has 8 nitrogen and oxygen atoms in total. The van der Waals surface area contributed by atoms with Gasteiger partial charge in [-0.25, -0.2) is 4.98 Å². The lowest BCUT2D eigenvalue weighted by Gasteiger charge is -2.09. The third-order valence-corrected chi connectivity index (χ3v) is 2.92. The lowest BCUT2D eigenvalue weighted by atomic mass is 10.3. The van der Waals surface area contributed by atoms with Crippen molar-refractivity contribution in [2.45, 2.75) is 0 Å². The van der Waals surface area contributed by atoms with Gasteiger partial charge in [0.2, 0.25) is 11.9 Å². The van der Waals surface area contributed by atoms with Gasteiger partial charge in [0.1, 0.15) is 12.7 Å². The van der Waals surface area contributed by atoms with Gasteiger partial charge in [-0.2, -0.15) is 24.7 Å². The Morgan fingerprint density at radius 1 is 1.10 bits per heavy atom. The summed E-state index contributed by atoms with van der Waals surface area (Å²) in [6, 6.07) is 7.33. The summed E-state index contributed by atoms with van der Waals surface area (Å²) in [6.45, 7) is 0. The van der Waals surface area contributed by atoms with Gasteiger partial charge in [-0.05, 0) is 12.1 Å². The van der Waals surface area contributed by atoms with Gasteiger partial charge >= 0.3 is 0 Å². The van der Waals surface area contributed by atoms with Crippen molar-refractivity contribution in [1.82, 2.24) is 29.7 Å². The quantitative estimate of drug-likeness (QED) is 0.760. The molecule has 2 N–H and O–H groups in total. The van der Waals surface area contributed by atoms with Crippen molar-refractivity contribution in [2.75, 3.05) is 17.7 Å². The van der Waals surface area contributed by atoms with E-state index in [1.807, 2.05) is 18.2 Å². The number of anilines is 3. The van der Waals surface area contributed by atoms with Crippen LogP contribution in [0.3, 0.4) is 0 Å². The summed E-state index contributed by atoms with van der Waals surface area (Å²) in [4.78, 5) is 16.6. The van der Waals surface area contributed by atoms with Crippen LogP contribution >= 0.6 is 11.6 Å². The van der Waals surface area contributed by atoms with Crippen LogP contribution in [0.5, 0.6) is 0 Å². The molecule has 2 aromatic heterocycles. The molecule has 3 aromatic rings. The molecule has 1 aromatic carbocycles. The standard InChI is InChI=1S/C12H11ClN8/c1-14-10-18-11(17-9-5-3-2-4-8(9)13)20-12(19-10)21-7-15-6-16-21/h2-7H,1H3,(H2,14,17,18,19,20). The Labute approximate surface area is 125 Å². The number of aromatic nitrogens is 6. The van der Waals surface area contributed by atoms with Gasteiger partial charge < -0.3 is 10.6 Å². The van der Waals surface area contributed by atoms with E-state index in [4.69, 9.17) is 11.6 Å². The highest BCUT2D eigenvalue weighted by Crippen LogP contribution is 2.23. The average Bonchev–Trinajstić information content (AvgIpc) is 3.04. The highest BCUT2D eigenvalue weighted by molar-refractivity contribution is 6.33. The average molecular weight is 303 g/mol. The second-order valence-corrected chi connectivity index (χ2v) is 4.38. The molecule has 0 spiro atoms. The smallest absolute Gasteiger partial charge is 0.258 e. The Morgan fingerprint density at radius 2 is 1.90 bits per heavy atom.